The van der Waals surface area contributed by atoms with Gasteiger partial charge >= 0.3 is 0 Å². The molecule has 0 saturated heterocycles. The maximum atomic E-state index is 11.0. The Kier molecular flexibility index (Phi) is 2.68. The highest BCUT2D eigenvalue weighted by molar-refractivity contribution is 5.91. The minimum atomic E-state index is -0.505. The summed E-state index contributed by atoms with van der Waals surface area (Å²) in [6, 6.07) is 13.2. The lowest BCUT2D eigenvalue weighted by atomic mass is 10.1. The maximum Gasteiger partial charge on any atom is 0.267 e. The molecule has 0 atom stereocenters. The molecule has 0 aliphatic carbocycles. The number of pyridine rings is 1. The van der Waals surface area contributed by atoms with Gasteiger partial charge in [-0.25, -0.2) is 4.98 Å². The third-order valence-electron chi connectivity index (χ3n) is 2.32. The Balaban J connectivity index is 2.48. The third kappa shape index (κ3) is 2.08. The zero-order valence-electron chi connectivity index (χ0n) is 8.97. The number of rotatable bonds is 2. The van der Waals surface area contributed by atoms with E-state index in [1.807, 2.05) is 37.3 Å². The Bertz CT molecular complexity index is 535. The van der Waals surface area contributed by atoms with E-state index in [1.165, 1.54) is 0 Å². The van der Waals surface area contributed by atoms with Crippen LogP contribution in [0.1, 0.15) is 16.1 Å². The molecular weight excluding hydrogens is 200 g/mol. The van der Waals surface area contributed by atoms with Gasteiger partial charge in [-0.05, 0) is 25.1 Å². The summed E-state index contributed by atoms with van der Waals surface area (Å²) in [6.07, 6.45) is 0. The topological polar surface area (TPSA) is 56.0 Å². The minimum Gasteiger partial charge on any atom is -0.364 e. The van der Waals surface area contributed by atoms with Crippen LogP contribution >= 0.6 is 0 Å². The molecule has 0 bridgehead atoms. The Labute approximate surface area is 93.9 Å². The van der Waals surface area contributed by atoms with E-state index in [0.717, 1.165) is 16.8 Å². The van der Waals surface area contributed by atoms with E-state index in [9.17, 15) is 4.79 Å². The lowest BCUT2D eigenvalue weighted by Gasteiger charge is -2.03. The van der Waals surface area contributed by atoms with Crippen LogP contribution in [0.2, 0.25) is 0 Å². The van der Waals surface area contributed by atoms with Crippen molar-refractivity contribution in [1.82, 2.24) is 4.98 Å². The molecule has 1 aromatic carbocycles. The zero-order chi connectivity index (χ0) is 11.5. The Morgan fingerprint density at radius 3 is 2.62 bits per heavy atom. The number of amides is 1. The van der Waals surface area contributed by atoms with Gasteiger partial charge in [0.05, 0.1) is 5.69 Å². The van der Waals surface area contributed by atoms with Crippen molar-refractivity contribution in [2.24, 2.45) is 5.73 Å². The predicted molar refractivity (Wildman–Crippen MR) is 62.9 cm³/mol. The van der Waals surface area contributed by atoms with Gasteiger partial charge in [-0.2, -0.15) is 0 Å². The minimum absolute atomic E-state index is 0.291. The number of primary amides is 1. The highest BCUT2D eigenvalue weighted by Crippen LogP contribution is 2.18. The second kappa shape index (κ2) is 4.14. The van der Waals surface area contributed by atoms with Crippen molar-refractivity contribution in [3.63, 3.8) is 0 Å². The standard InChI is InChI=1S/C13H12N2O/c1-9-4-2-5-10(8-9)11-6-3-7-12(15-11)13(14)16/h2-8H,1H3,(H2,14,16). The van der Waals surface area contributed by atoms with Crippen LogP contribution in [0.3, 0.4) is 0 Å². The van der Waals surface area contributed by atoms with E-state index >= 15 is 0 Å². The molecule has 0 spiro atoms. The first-order valence-corrected chi connectivity index (χ1v) is 5.01. The Hall–Kier alpha value is -2.16. The molecule has 1 aromatic heterocycles. The fourth-order valence-electron chi connectivity index (χ4n) is 1.54. The van der Waals surface area contributed by atoms with Crippen LogP contribution in [0.25, 0.3) is 11.3 Å². The first kappa shape index (κ1) is 10.4. The van der Waals surface area contributed by atoms with E-state index in [2.05, 4.69) is 4.98 Å². The molecule has 1 amide bonds. The third-order valence-corrected chi connectivity index (χ3v) is 2.32. The molecule has 2 aromatic rings. The van der Waals surface area contributed by atoms with E-state index in [4.69, 9.17) is 5.73 Å². The van der Waals surface area contributed by atoms with Crippen molar-refractivity contribution >= 4 is 5.91 Å². The van der Waals surface area contributed by atoms with Crippen LogP contribution in [-0.4, -0.2) is 10.9 Å². The molecule has 3 nitrogen and oxygen atoms in total. The van der Waals surface area contributed by atoms with Crippen molar-refractivity contribution in [2.45, 2.75) is 6.92 Å². The summed E-state index contributed by atoms with van der Waals surface area (Å²) in [5.41, 5.74) is 8.39. The highest BCUT2D eigenvalue weighted by Gasteiger charge is 2.04. The molecule has 0 unspecified atom stereocenters. The SMILES string of the molecule is Cc1cccc(-c2cccc(C(N)=O)n2)c1. The molecule has 0 saturated carbocycles. The zero-order valence-corrected chi connectivity index (χ0v) is 8.97. The summed E-state index contributed by atoms with van der Waals surface area (Å²) in [5, 5.41) is 0. The molecule has 80 valence electrons. The van der Waals surface area contributed by atoms with E-state index in [0.29, 0.717) is 5.69 Å². The van der Waals surface area contributed by atoms with Crippen molar-refractivity contribution in [2.75, 3.05) is 0 Å². The van der Waals surface area contributed by atoms with Crippen molar-refractivity contribution in [3.8, 4) is 11.3 Å². The molecule has 0 fully saturated rings. The van der Waals surface area contributed by atoms with Gasteiger partial charge in [0.1, 0.15) is 5.69 Å². The number of nitrogens with zero attached hydrogens (tertiary/aromatic N) is 1. The predicted octanol–water partition coefficient (Wildman–Crippen LogP) is 2.16. The molecule has 2 N–H and O–H groups in total. The number of aromatic nitrogens is 1. The monoisotopic (exact) mass is 212 g/mol. The average molecular weight is 212 g/mol. The number of benzene rings is 1. The summed E-state index contributed by atoms with van der Waals surface area (Å²) in [7, 11) is 0. The van der Waals surface area contributed by atoms with Crippen LogP contribution in [0.15, 0.2) is 42.5 Å². The molecule has 2 rings (SSSR count). The number of aryl methyl sites for hydroxylation is 1. The van der Waals surface area contributed by atoms with Gasteiger partial charge in [0.25, 0.3) is 5.91 Å². The Morgan fingerprint density at radius 2 is 1.94 bits per heavy atom. The molecule has 0 aliphatic heterocycles. The van der Waals surface area contributed by atoms with Crippen LogP contribution in [-0.2, 0) is 0 Å². The van der Waals surface area contributed by atoms with Crippen LogP contribution < -0.4 is 5.73 Å². The van der Waals surface area contributed by atoms with Crippen molar-refractivity contribution in [3.05, 3.63) is 53.7 Å². The number of carbonyl (C=O) groups is 1. The molecule has 16 heavy (non-hydrogen) atoms. The first-order chi connectivity index (χ1) is 7.66. The second-order valence-corrected chi connectivity index (χ2v) is 3.64. The van der Waals surface area contributed by atoms with E-state index < -0.39 is 5.91 Å². The summed E-state index contributed by atoms with van der Waals surface area (Å²) < 4.78 is 0. The van der Waals surface area contributed by atoms with Crippen molar-refractivity contribution < 1.29 is 4.79 Å². The Morgan fingerprint density at radius 1 is 1.19 bits per heavy atom. The van der Waals surface area contributed by atoms with Crippen LogP contribution in [0.5, 0.6) is 0 Å². The fourth-order valence-corrected chi connectivity index (χ4v) is 1.54. The fraction of sp³-hybridized carbons (Fsp3) is 0.0769. The number of carbonyl (C=O) groups excluding carboxylic acids is 1. The van der Waals surface area contributed by atoms with E-state index in [1.54, 1.807) is 12.1 Å². The quantitative estimate of drug-likeness (QED) is 0.829. The number of hydrogen-bond donors (Lipinski definition) is 1. The lowest BCUT2D eigenvalue weighted by molar-refractivity contribution is 0.0995. The first-order valence-electron chi connectivity index (χ1n) is 5.01. The van der Waals surface area contributed by atoms with Gasteiger partial charge in [0.15, 0.2) is 0 Å². The smallest absolute Gasteiger partial charge is 0.267 e. The van der Waals surface area contributed by atoms with Gasteiger partial charge in [0, 0.05) is 5.56 Å². The van der Waals surface area contributed by atoms with Gasteiger partial charge < -0.3 is 5.73 Å². The molecular formula is C13H12N2O. The van der Waals surface area contributed by atoms with Crippen molar-refractivity contribution in [1.29, 1.82) is 0 Å². The van der Waals surface area contributed by atoms with Gasteiger partial charge in [-0.3, -0.25) is 4.79 Å². The van der Waals surface area contributed by atoms with Crippen LogP contribution in [0.4, 0.5) is 0 Å². The largest absolute Gasteiger partial charge is 0.364 e. The van der Waals surface area contributed by atoms with Crippen LogP contribution in [0, 0.1) is 6.92 Å². The van der Waals surface area contributed by atoms with Gasteiger partial charge in [0.2, 0.25) is 0 Å². The molecule has 0 radical (unpaired) electrons. The molecule has 1 heterocycles. The van der Waals surface area contributed by atoms with Gasteiger partial charge in [-0.1, -0.05) is 29.8 Å². The van der Waals surface area contributed by atoms with Gasteiger partial charge in [-0.15, -0.1) is 0 Å². The highest BCUT2D eigenvalue weighted by atomic mass is 16.1. The maximum absolute atomic E-state index is 11.0. The summed E-state index contributed by atoms with van der Waals surface area (Å²) in [6.45, 7) is 2.02. The molecule has 0 aliphatic rings. The lowest BCUT2D eigenvalue weighted by Crippen LogP contribution is -2.12. The van der Waals surface area contributed by atoms with E-state index in [-0.39, 0.29) is 0 Å². The molecule has 3 heteroatoms. The summed E-state index contributed by atoms with van der Waals surface area (Å²) in [4.78, 5) is 15.2. The number of hydrogen-bond acceptors (Lipinski definition) is 2. The summed E-state index contributed by atoms with van der Waals surface area (Å²) in [5.74, 6) is -0.505. The second-order valence-electron chi connectivity index (χ2n) is 3.64. The average Bonchev–Trinajstić information content (AvgIpc) is 2.29. The number of nitrogens with two attached hydrogens (primary N) is 1. The summed E-state index contributed by atoms with van der Waals surface area (Å²) >= 11 is 0. The normalized spacial score (nSPS) is 10.1.